The number of aliphatic hydroxyl groups excluding tert-OH is 1. The summed E-state index contributed by atoms with van der Waals surface area (Å²) in [6, 6.07) is 5.99. The summed E-state index contributed by atoms with van der Waals surface area (Å²) >= 11 is 1.25. The minimum absolute atomic E-state index is 0.221. The molecule has 0 unspecified atom stereocenters. The molecule has 0 aliphatic heterocycles. The predicted molar refractivity (Wildman–Crippen MR) is 82.1 cm³/mol. The number of halogens is 1. The van der Waals surface area contributed by atoms with Crippen LogP contribution < -0.4 is 5.32 Å². The lowest BCUT2D eigenvalue weighted by atomic mass is 10.2. The smallest absolute Gasteiger partial charge is 0.265 e. The summed E-state index contributed by atoms with van der Waals surface area (Å²) in [4.78, 5) is 13.4. The number of rotatable bonds is 2. The van der Waals surface area contributed by atoms with Gasteiger partial charge in [0.25, 0.3) is 5.91 Å². The van der Waals surface area contributed by atoms with Gasteiger partial charge in [0.15, 0.2) is 0 Å². The van der Waals surface area contributed by atoms with Gasteiger partial charge in [-0.2, -0.15) is 0 Å². The van der Waals surface area contributed by atoms with Gasteiger partial charge >= 0.3 is 0 Å². The van der Waals surface area contributed by atoms with Crippen molar-refractivity contribution in [3.05, 3.63) is 51.0 Å². The third kappa shape index (κ3) is 3.69. The van der Waals surface area contributed by atoms with Gasteiger partial charge in [-0.3, -0.25) is 4.79 Å². The maximum atomic E-state index is 13.2. The Balaban J connectivity index is 2.23. The summed E-state index contributed by atoms with van der Waals surface area (Å²) in [5, 5.41) is 11.4. The lowest BCUT2D eigenvalue weighted by molar-refractivity contribution is 0.103. The number of hydrogen-bond acceptors (Lipinski definition) is 3. The Morgan fingerprint density at radius 2 is 2.10 bits per heavy atom. The molecule has 2 rings (SSSR count). The van der Waals surface area contributed by atoms with Crippen LogP contribution in [0, 0.1) is 31.5 Å². The SMILES string of the molecule is Cc1ccc(F)cc1NC(=O)c1cc(C)c(C#CCO)s1. The van der Waals surface area contributed by atoms with E-state index < -0.39 is 5.82 Å². The fraction of sp³-hybridized carbons (Fsp3) is 0.188. The molecular weight excluding hydrogens is 289 g/mol. The van der Waals surface area contributed by atoms with Gasteiger partial charge in [-0.25, -0.2) is 4.39 Å². The van der Waals surface area contributed by atoms with E-state index in [1.807, 2.05) is 6.92 Å². The molecule has 5 heteroatoms. The highest BCUT2D eigenvalue weighted by atomic mass is 32.1. The van der Waals surface area contributed by atoms with Crippen LogP contribution in [0.4, 0.5) is 10.1 Å². The van der Waals surface area contributed by atoms with Gasteiger partial charge in [0.05, 0.1) is 9.75 Å². The van der Waals surface area contributed by atoms with E-state index >= 15 is 0 Å². The Kier molecular flexibility index (Phi) is 4.73. The summed E-state index contributed by atoms with van der Waals surface area (Å²) in [6.07, 6.45) is 0. The maximum Gasteiger partial charge on any atom is 0.265 e. The van der Waals surface area contributed by atoms with Crippen molar-refractivity contribution in [3.8, 4) is 11.8 Å². The first-order chi connectivity index (χ1) is 10.0. The number of carbonyl (C=O) groups excluding carboxylic acids is 1. The van der Waals surface area contributed by atoms with Crippen molar-refractivity contribution < 1.29 is 14.3 Å². The summed E-state index contributed by atoms with van der Waals surface area (Å²) in [5.41, 5.74) is 2.12. The lowest BCUT2D eigenvalue weighted by Gasteiger charge is -2.07. The summed E-state index contributed by atoms with van der Waals surface area (Å²) in [5.74, 6) is 4.67. The van der Waals surface area contributed by atoms with Gasteiger partial charge in [-0.15, -0.1) is 11.3 Å². The molecule has 2 N–H and O–H groups in total. The molecule has 0 saturated heterocycles. The van der Waals surface area contributed by atoms with E-state index in [1.165, 1.54) is 23.5 Å². The van der Waals surface area contributed by atoms with Crippen LogP contribution in [0.15, 0.2) is 24.3 Å². The molecule has 0 saturated carbocycles. The fourth-order valence-corrected chi connectivity index (χ4v) is 2.69. The molecule has 0 aliphatic rings. The Morgan fingerprint density at radius 1 is 1.33 bits per heavy atom. The van der Waals surface area contributed by atoms with Gasteiger partial charge in [-0.05, 0) is 43.2 Å². The van der Waals surface area contributed by atoms with Crippen molar-refractivity contribution in [3.63, 3.8) is 0 Å². The summed E-state index contributed by atoms with van der Waals surface area (Å²) < 4.78 is 13.2. The minimum Gasteiger partial charge on any atom is -0.384 e. The van der Waals surface area contributed by atoms with Crippen LogP contribution in [0.1, 0.15) is 25.7 Å². The molecule has 1 amide bonds. The molecule has 0 atom stereocenters. The van der Waals surface area contributed by atoms with E-state index in [0.29, 0.717) is 10.6 Å². The van der Waals surface area contributed by atoms with Crippen LogP contribution in [0.3, 0.4) is 0 Å². The number of hydrogen-bond donors (Lipinski definition) is 2. The van der Waals surface area contributed by atoms with Crippen molar-refractivity contribution in [2.45, 2.75) is 13.8 Å². The maximum absolute atomic E-state index is 13.2. The topological polar surface area (TPSA) is 49.3 Å². The number of thiophene rings is 1. The molecule has 0 bridgehead atoms. The molecular formula is C16H14FNO2S. The van der Waals surface area contributed by atoms with Crippen LogP contribution in [-0.2, 0) is 0 Å². The van der Waals surface area contributed by atoms with Crippen LogP contribution in [-0.4, -0.2) is 17.6 Å². The van der Waals surface area contributed by atoms with E-state index in [0.717, 1.165) is 16.0 Å². The van der Waals surface area contributed by atoms with Crippen LogP contribution >= 0.6 is 11.3 Å². The Labute approximate surface area is 126 Å². The average molecular weight is 303 g/mol. The van der Waals surface area contributed by atoms with Gasteiger partial charge < -0.3 is 10.4 Å². The van der Waals surface area contributed by atoms with E-state index in [-0.39, 0.29) is 12.5 Å². The second-order valence-corrected chi connectivity index (χ2v) is 5.55. The standard InChI is InChI=1S/C16H14FNO2S/c1-10-5-6-12(17)9-13(10)18-16(20)15-8-11(2)14(21-15)4-3-7-19/h5-6,8-9,19H,7H2,1-2H3,(H,18,20). The summed E-state index contributed by atoms with van der Waals surface area (Å²) in [6.45, 7) is 3.43. The average Bonchev–Trinajstić information content (AvgIpc) is 2.82. The predicted octanol–water partition coefficient (Wildman–Crippen LogP) is 3.10. The first-order valence-corrected chi connectivity index (χ1v) is 7.10. The second kappa shape index (κ2) is 6.53. The van der Waals surface area contributed by atoms with Crippen LogP contribution in [0.25, 0.3) is 0 Å². The van der Waals surface area contributed by atoms with Gasteiger partial charge in [0.1, 0.15) is 12.4 Å². The van der Waals surface area contributed by atoms with Crippen molar-refractivity contribution in [1.29, 1.82) is 0 Å². The largest absolute Gasteiger partial charge is 0.384 e. The number of carbonyl (C=O) groups is 1. The highest BCUT2D eigenvalue weighted by Gasteiger charge is 2.13. The normalized spacial score (nSPS) is 9.90. The molecule has 108 valence electrons. The molecule has 1 heterocycles. The second-order valence-electron chi connectivity index (χ2n) is 4.50. The Bertz CT molecular complexity index is 740. The van der Waals surface area contributed by atoms with Gasteiger partial charge in [0, 0.05) is 5.69 Å². The van der Waals surface area contributed by atoms with E-state index in [1.54, 1.807) is 19.1 Å². The van der Waals surface area contributed by atoms with Gasteiger partial charge in [0.2, 0.25) is 0 Å². The van der Waals surface area contributed by atoms with E-state index in [4.69, 9.17) is 5.11 Å². The zero-order valence-electron chi connectivity index (χ0n) is 11.7. The number of aliphatic hydroxyl groups is 1. The highest BCUT2D eigenvalue weighted by Crippen LogP contribution is 2.23. The Morgan fingerprint density at radius 3 is 2.81 bits per heavy atom. The molecule has 1 aromatic heterocycles. The van der Waals surface area contributed by atoms with Crippen LogP contribution in [0.5, 0.6) is 0 Å². The van der Waals surface area contributed by atoms with Crippen molar-refractivity contribution in [1.82, 2.24) is 0 Å². The van der Waals surface area contributed by atoms with Crippen molar-refractivity contribution in [2.24, 2.45) is 0 Å². The highest BCUT2D eigenvalue weighted by molar-refractivity contribution is 7.14. The number of anilines is 1. The number of aryl methyl sites for hydroxylation is 2. The van der Waals surface area contributed by atoms with Crippen molar-refractivity contribution >= 4 is 22.9 Å². The molecule has 0 spiro atoms. The zero-order valence-corrected chi connectivity index (χ0v) is 12.5. The molecule has 0 radical (unpaired) electrons. The van der Waals surface area contributed by atoms with Crippen LogP contribution in [0.2, 0.25) is 0 Å². The molecule has 0 fully saturated rings. The quantitative estimate of drug-likeness (QED) is 0.838. The number of benzene rings is 1. The number of amides is 1. The molecule has 21 heavy (non-hydrogen) atoms. The number of nitrogens with one attached hydrogen (secondary N) is 1. The minimum atomic E-state index is -0.396. The monoisotopic (exact) mass is 303 g/mol. The van der Waals surface area contributed by atoms with Gasteiger partial charge in [-0.1, -0.05) is 17.9 Å². The molecule has 2 aromatic rings. The molecule has 3 nitrogen and oxygen atoms in total. The van der Waals surface area contributed by atoms with E-state index in [9.17, 15) is 9.18 Å². The zero-order chi connectivity index (χ0) is 15.4. The lowest BCUT2D eigenvalue weighted by Crippen LogP contribution is -2.11. The first-order valence-electron chi connectivity index (χ1n) is 6.29. The third-order valence-corrected chi connectivity index (χ3v) is 4.02. The van der Waals surface area contributed by atoms with E-state index in [2.05, 4.69) is 17.2 Å². The first kappa shape index (κ1) is 15.2. The van der Waals surface area contributed by atoms with Crippen molar-refractivity contribution in [2.75, 3.05) is 11.9 Å². The fourth-order valence-electron chi connectivity index (χ4n) is 1.75. The summed E-state index contributed by atoms with van der Waals surface area (Å²) in [7, 11) is 0. The third-order valence-electron chi connectivity index (χ3n) is 2.87. The Hall–Kier alpha value is -2.16. The molecule has 0 aliphatic carbocycles. The molecule has 1 aromatic carbocycles.